The number of benzene rings is 1. The second-order valence-electron chi connectivity index (χ2n) is 3.04. The molecule has 1 aromatic carbocycles. The summed E-state index contributed by atoms with van der Waals surface area (Å²) in [5.41, 5.74) is 2.09. The fourth-order valence-corrected chi connectivity index (χ4v) is 1.28. The highest BCUT2D eigenvalue weighted by atomic mass is 35.5. The molecule has 78 valence electrons. The van der Waals surface area contributed by atoms with E-state index in [0.717, 1.165) is 17.8 Å². The van der Waals surface area contributed by atoms with Gasteiger partial charge in [0.05, 0.1) is 12.5 Å². The number of nitrogens with one attached hydrogen (secondary N) is 1. The molecule has 1 N–H and O–H groups in total. The first kappa shape index (κ1) is 11.6. The molecule has 0 saturated heterocycles. The van der Waals surface area contributed by atoms with Crippen molar-refractivity contribution in [1.82, 2.24) is 0 Å². The summed E-state index contributed by atoms with van der Waals surface area (Å²) in [7, 11) is 0. The molecule has 0 heterocycles. The zero-order valence-corrected chi connectivity index (χ0v) is 9.17. The highest BCUT2D eigenvalue weighted by Crippen LogP contribution is 2.09. The van der Waals surface area contributed by atoms with Crippen LogP contribution < -0.4 is 5.32 Å². The van der Waals surface area contributed by atoms with Crippen molar-refractivity contribution < 1.29 is 0 Å². The fourth-order valence-electron chi connectivity index (χ4n) is 1.15. The fraction of sp³-hybridized carbons (Fsp3) is 0.250. The van der Waals surface area contributed by atoms with Gasteiger partial charge in [-0.15, -0.1) is 11.6 Å². The minimum atomic E-state index is 0.465. The molecule has 0 radical (unpaired) electrons. The summed E-state index contributed by atoms with van der Waals surface area (Å²) < 4.78 is 0. The molecule has 0 bridgehead atoms. The van der Waals surface area contributed by atoms with Crippen LogP contribution in [0.4, 0.5) is 5.69 Å². The second-order valence-corrected chi connectivity index (χ2v) is 3.35. The van der Waals surface area contributed by atoms with Crippen LogP contribution in [0.15, 0.2) is 36.4 Å². The van der Waals surface area contributed by atoms with Crippen molar-refractivity contribution >= 4 is 17.3 Å². The van der Waals surface area contributed by atoms with E-state index in [-0.39, 0.29) is 0 Å². The molecule has 0 atom stereocenters. The third-order valence-electron chi connectivity index (χ3n) is 1.92. The number of nitrogens with zero attached hydrogens (tertiary/aromatic N) is 1. The van der Waals surface area contributed by atoms with Gasteiger partial charge in [0.1, 0.15) is 0 Å². The van der Waals surface area contributed by atoms with Crippen LogP contribution in [0.5, 0.6) is 0 Å². The summed E-state index contributed by atoms with van der Waals surface area (Å²) in [4.78, 5) is 0. The Hall–Kier alpha value is -1.46. The smallest absolute Gasteiger partial charge is 0.0669 e. The Bertz CT molecular complexity index is 349. The van der Waals surface area contributed by atoms with Crippen LogP contribution in [0.2, 0.25) is 0 Å². The van der Waals surface area contributed by atoms with Crippen molar-refractivity contribution in [2.24, 2.45) is 0 Å². The Labute approximate surface area is 95.2 Å². The van der Waals surface area contributed by atoms with Gasteiger partial charge in [0, 0.05) is 18.1 Å². The lowest BCUT2D eigenvalue weighted by atomic mass is 10.1. The van der Waals surface area contributed by atoms with Gasteiger partial charge < -0.3 is 5.32 Å². The van der Waals surface area contributed by atoms with E-state index < -0.39 is 0 Å². The number of hydrogen-bond donors (Lipinski definition) is 1. The lowest BCUT2D eigenvalue weighted by Gasteiger charge is -2.03. The maximum atomic E-state index is 8.50. The third kappa shape index (κ3) is 4.53. The molecule has 0 spiro atoms. The Morgan fingerprint density at radius 2 is 2.00 bits per heavy atom. The van der Waals surface area contributed by atoms with Gasteiger partial charge in [0.25, 0.3) is 0 Å². The first-order chi connectivity index (χ1) is 7.36. The van der Waals surface area contributed by atoms with E-state index in [1.807, 2.05) is 36.4 Å². The highest BCUT2D eigenvalue weighted by molar-refractivity contribution is 6.18. The first-order valence-electron chi connectivity index (χ1n) is 4.77. The van der Waals surface area contributed by atoms with Gasteiger partial charge in [0.2, 0.25) is 0 Å². The summed E-state index contributed by atoms with van der Waals surface area (Å²) in [6, 6.07) is 9.97. The van der Waals surface area contributed by atoms with E-state index in [0.29, 0.717) is 12.3 Å². The predicted molar refractivity (Wildman–Crippen MR) is 64.1 cm³/mol. The standard InChI is InChI=1S/C12H13ClN2/c13-8-1-2-10-15-12-5-3-11(4-6-12)7-9-14/h1-6,15H,7-8,10H2/b2-1+. The van der Waals surface area contributed by atoms with Gasteiger partial charge >= 0.3 is 0 Å². The van der Waals surface area contributed by atoms with E-state index in [2.05, 4.69) is 11.4 Å². The molecular weight excluding hydrogens is 208 g/mol. The van der Waals surface area contributed by atoms with E-state index >= 15 is 0 Å². The number of alkyl halides is 1. The molecular formula is C12H13ClN2. The van der Waals surface area contributed by atoms with Crippen LogP contribution in [-0.4, -0.2) is 12.4 Å². The normalized spacial score (nSPS) is 10.1. The van der Waals surface area contributed by atoms with Gasteiger partial charge in [-0.2, -0.15) is 5.26 Å². The van der Waals surface area contributed by atoms with Crippen molar-refractivity contribution in [2.75, 3.05) is 17.7 Å². The van der Waals surface area contributed by atoms with Crippen LogP contribution in [0.25, 0.3) is 0 Å². The maximum Gasteiger partial charge on any atom is 0.0669 e. The molecule has 1 rings (SSSR count). The molecule has 3 heteroatoms. The molecule has 15 heavy (non-hydrogen) atoms. The number of nitriles is 1. The molecule has 0 aliphatic rings. The highest BCUT2D eigenvalue weighted by Gasteiger charge is 1.92. The molecule has 0 amide bonds. The Morgan fingerprint density at radius 1 is 1.27 bits per heavy atom. The molecule has 0 aliphatic carbocycles. The lowest BCUT2D eigenvalue weighted by molar-refractivity contribution is 1.25. The third-order valence-corrected chi connectivity index (χ3v) is 2.10. The zero-order chi connectivity index (χ0) is 10.9. The summed E-state index contributed by atoms with van der Waals surface area (Å²) in [6.45, 7) is 0.768. The van der Waals surface area contributed by atoms with Crippen LogP contribution in [0, 0.1) is 11.3 Å². The van der Waals surface area contributed by atoms with Gasteiger partial charge in [-0.25, -0.2) is 0 Å². The molecule has 0 fully saturated rings. The predicted octanol–water partition coefficient (Wildman–Crippen LogP) is 2.96. The minimum Gasteiger partial charge on any atom is -0.382 e. The molecule has 0 aromatic heterocycles. The van der Waals surface area contributed by atoms with Crippen molar-refractivity contribution in [3.05, 3.63) is 42.0 Å². The molecule has 2 nitrogen and oxygen atoms in total. The van der Waals surface area contributed by atoms with E-state index in [9.17, 15) is 0 Å². The van der Waals surface area contributed by atoms with Crippen molar-refractivity contribution in [3.63, 3.8) is 0 Å². The largest absolute Gasteiger partial charge is 0.382 e. The SMILES string of the molecule is N#CCc1ccc(NC/C=C/CCl)cc1. The summed E-state index contributed by atoms with van der Waals surface area (Å²) in [5.74, 6) is 0.544. The maximum absolute atomic E-state index is 8.50. The summed E-state index contributed by atoms with van der Waals surface area (Å²) in [6.07, 6.45) is 4.35. The van der Waals surface area contributed by atoms with E-state index in [1.165, 1.54) is 0 Å². The lowest BCUT2D eigenvalue weighted by Crippen LogP contribution is -1.97. The number of anilines is 1. The number of halogens is 1. The molecule has 0 aliphatic heterocycles. The average molecular weight is 221 g/mol. The Kier molecular flexibility index (Phi) is 5.35. The van der Waals surface area contributed by atoms with Crippen LogP contribution in [-0.2, 0) is 6.42 Å². The quantitative estimate of drug-likeness (QED) is 0.612. The Balaban J connectivity index is 2.43. The second kappa shape index (κ2) is 6.92. The minimum absolute atomic E-state index is 0.465. The monoisotopic (exact) mass is 220 g/mol. The van der Waals surface area contributed by atoms with Crippen LogP contribution in [0.1, 0.15) is 5.56 Å². The van der Waals surface area contributed by atoms with Gasteiger partial charge in [-0.05, 0) is 17.7 Å². The Morgan fingerprint density at radius 3 is 2.60 bits per heavy atom. The molecule has 0 unspecified atom stereocenters. The van der Waals surface area contributed by atoms with E-state index in [1.54, 1.807) is 0 Å². The van der Waals surface area contributed by atoms with Crippen molar-refractivity contribution in [2.45, 2.75) is 6.42 Å². The number of allylic oxidation sites excluding steroid dienone is 1. The topological polar surface area (TPSA) is 35.8 Å². The van der Waals surface area contributed by atoms with Gasteiger partial charge in [0.15, 0.2) is 0 Å². The summed E-state index contributed by atoms with van der Waals surface area (Å²) in [5, 5.41) is 11.7. The van der Waals surface area contributed by atoms with Gasteiger partial charge in [-0.3, -0.25) is 0 Å². The van der Waals surface area contributed by atoms with Crippen molar-refractivity contribution in [3.8, 4) is 6.07 Å². The summed E-state index contributed by atoms with van der Waals surface area (Å²) >= 11 is 5.49. The molecule has 0 saturated carbocycles. The van der Waals surface area contributed by atoms with Crippen LogP contribution >= 0.6 is 11.6 Å². The number of hydrogen-bond acceptors (Lipinski definition) is 2. The zero-order valence-electron chi connectivity index (χ0n) is 8.41. The first-order valence-corrected chi connectivity index (χ1v) is 5.31. The van der Waals surface area contributed by atoms with Gasteiger partial charge in [-0.1, -0.05) is 24.3 Å². The average Bonchev–Trinajstić information content (AvgIpc) is 2.27. The van der Waals surface area contributed by atoms with E-state index in [4.69, 9.17) is 16.9 Å². The number of rotatable bonds is 5. The van der Waals surface area contributed by atoms with Crippen LogP contribution in [0.3, 0.4) is 0 Å². The van der Waals surface area contributed by atoms with Crippen molar-refractivity contribution in [1.29, 1.82) is 5.26 Å². The molecule has 1 aromatic rings.